The van der Waals surface area contributed by atoms with Gasteiger partial charge in [-0.1, -0.05) is 18.0 Å². The van der Waals surface area contributed by atoms with E-state index in [1.807, 2.05) is 0 Å². The van der Waals surface area contributed by atoms with Crippen LogP contribution in [0.1, 0.15) is 36.5 Å². The van der Waals surface area contributed by atoms with Gasteiger partial charge >= 0.3 is 5.97 Å². The van der Waals surface area contributed by atoms with Crippen LogP contribution in [-0.2, 0) is 19.6 Å². The van der Waals surface area contributed by atoms with E-state index in [1.54, 1.807) is 0 Å². The normalized spacial score (nSPS) is 15.8. The molecule has 0 spiro atoms. The molecule has 166 valence electrons. The van der Waals surface area contributed by atoms with Gasteiger partial charge in [0, 0.05) is 25.2 Å². The number of amides is 1. The zero-order valence-corrected chi connectivity index (χ0v) is 18.4. The summed E-state index contributed by atoms with van der Waals surface area (Å²) < 4.78 is 32.8. The maximum Gasteiger partial charge on any atom is 0.339 e. The van der Waals surface area contributed by atoms with Gasteiger partial charge in [0.1, 0.15) is 0 Å². The molecule has 0 unspecified atom stereocenters. The van der Waals surface area contributed by atoms with Crippen molar-refractivity contribution in [3.63, 3.8) is 0 Å². The molecule has 1 saturated heterocycles. The molecule has 0 radical (unpaired) electrons. The molecule has 1 aliphatic rings. The molecule has 0 saturated carbocycles. The van der Waals surface area contributed by atoms with Gasteiger partial charge in [-0.05, 0) is 38.0 Å². The van der Waals surface area contributed by atoms with Crippen LogP contribution in [0.4, 0.5) is 5.69 Å². The third-order valence-electron chi connectivity index (χ3n) is 4.84. The standard InChI is InChI=1S/C20H22ClN3O6S/c1-14(30-20(26)15-7-11-23(27)12-8-15)19(25)22-18-13-16(5-6-17(18)21)31(28,29)24-9-3-2-4-10-24/h5-8,11-14H,2-4,9-10H2,1H3,(H,22,25)/t14-/m1/s1. The van der Waals surface area contributed by atoms with Crippen LogP contribution >= 0.6 is 11.6 Å². The topological polar surface area (TPSA) is 120 Å². The van der Waals surface area contributed by atoms with Crippen molar-refractivity contribution in [1.82, 2.24) is 4.31 Å². The second-order valence-corrected chi connectivity index (χ2v) is 9.44. The number of nitrogens with zero attached hydrogens (tertiary/aromatic N) is 2. The van der Waals surface area contributed by atoms with E-state index in [-0.39, 0.29) is 21.2 Å². The average molecular weight is 468 g/mol. The maximum absolute atomic E-state index is 12.9. The van der Waals surface area contributed by atoms with E-state index in [1.165, 1.54) is 41.6 Å². The van der Waals surface area contributed by atoms with E-state index in [0.29, 0.717) is 17.8 Å². The number of hydrogen-bond donors (Lipinski definition) is 1. The summed E-state index contributed by atoms with van der Waals surface area (Å²) in [6, 6.07) is 6.62. The lowest BCUT2D eigenvalue weighted by Gasteiger charge is -2.26. The van der Waals surface area contributed by atoms with Gasteiger partial charge in [0.05, 0.1) is 21.2 Å². The monoisotopic (exact) mass is 467 g/mol. The Balaban J connectivity index is 1.71. The second-order valence-electron chi connectivity index (χ2n) is 7.09. The predicted octanol–water partition coefficient (Wildman–Crippen LogP) is 2.33. The zero-order chi connectivity index (χ0) is 22.6. The number of piperidine rings is 1. The van der Waals surface area contributed by atoms with Crippen LogP contribution in [0.5, 0.6) is 0 Å². The van der Waals surface area contributed by atoms with Crippen LogP contribution in [0, 0.1) is 5.21 Å². The fourth-order valence-electron chi connectivity index (χ4n) is 3.08. The van der Waals surface area contributed by atoms with Gasteiger partial charge in [-0.3, -0.25) is 4.79 Å². The first-order chi connectivity index (χ1) is 14.7. The molecule has 3 rings (SSSR count). The molecule has 1 aromatic heterocycles. The van der Waals surface area contributed by atoms with Gasteiger partial charge < -0.3 is 15.3 Å². The molecule has 1 aliphatic heterocycles. The fourth-order valence-corrected chi connectivity index (χ4v) is 4.79. The highest BCUT2D eigenvalue weighted by atomic mass is 35.5. The number of benzene rings is 1. The maximum atomic E-state index is 12.9. The SMILES string of the molecule is C[C@@H](OC(=O)c1cc[n+]([O-])cc1)C(=O)Nc1cc(S(=O)(=O)N2CCCCC2)ccc1Cl. The molecule has 31 heavy (non-hydrogen) atoms. The Labute approximate surface area is 185 Å². The summed E-state index contributed by atoms with van der Waals surface area (Å²) in [4.78, 5) is 24.6. The quantitative estimate of drug-likeness (QED) is 0.395. The number of pyridine rings is 1. The first-order valence-electron chi connectivity index (χ1n) is 9.69. The second kappa shape index (κ2) is 9.63. The molecule has 11 heteroatoms. The molecular formula is C20H22ClN3O6S. The highest BCUT2D eigenvalue weighted by molar-refractivity contribution is 7.89. The molecule has 2 aromatic rings. The van der Waals surface area contributed by atoms with Gasteiger partial charge in [0.25, 0.3) is 5.91 Å². The summed E-state index contributed by atoms with van der Waals surface area (Å²) >= 11 is 6.13. The van der Waals surface area contributed by atoms with E-state index in [0.717, 1.165) is 31.7 Å². The van der Waals surface area contributed by atoms with E-state index >= 15 is 0 Å². The third-order valence-corrected chi connectivity index (χ3v) is 7.06. The van der Waals surface area contributed by atoms with Crippen LogP contribution < -0.4 is 10.0 Å². The Morgan fingerprint density at radius 2 is 1.81 bits per heavy atom. The van der Waals surface area contributed by atoms with Crippen LogP contribution in [0.15, 0.2) is 47.6 Å². The van der Waals surface area contributed by atoms with E-state index < -0.39 is 28.0 Å². The number of rotatable bonds is 6. The zero-order valence-electron chi connectivity index (χ0n) is 16.8. The molecule has 1 aromatic carbocycles. The number of nitrogens with one attached hydrogen (secondary N) is 1. The van der Waals surface area contributed by atoms with Crippen LogP contribution in [0.25, 0.3) is 0 Å². The van der Waals surface area contributed by atoms with E-state index in [9.17, 15) is 23.2 Å². The molecule has 1 fully saturated rings. The number of esters is 1. The summed E-state index contributed by atoms with van der Waals surface area (Å²) in [5.41, 5.74) is 0.208. The molecule has 2 heterocycles. The fraction of sp³-hybridized carbons (Fsp3) is 0.350. The number of carbonyl (C=O) groups excluding carboxylic acids is 2. The smallest absolute Gasteiger partial charge is 0.339 e. The van der Waals surface area contributed by atoms with Gasteiger partial charge in [-0.25, -0.2) is 13.2 Å². The molecule has 0 bridgehead atoms. The number of hydrogen-bond acceptors (Lipinski definition) is 6. The Hall–Kier alpha value is -2.69. The Bertz CT molecular complexity index is 1070. The number of anilines is 1. The average Bonchev–Trinajstić information content (AvgIpc) is 2.76. The summed E-state index contributed by atoms with van der Waals surface area (Å²) in [5, 5.41) is 13.7. The highest BCUT2D eigenvalue weighted by Gasteiger charge is 2.27. The first kappa shape index (κ1) is 23.0. The van der Waals surface area contributed by atoms with Gasteiger partial charge in [-0.15, -0.1) is 0 Å². The van der Waals surface area contributed by atoms with Crippen molar-refractivity contribution in [3.8, 4) is 0 Å². The number of ether oxygens (including phenoxy) is 1. The van der Waals surface area contributed by atoms with Crippen LogP contribution in [0.2, 0.25) is 5.02 Å². The Morgan fingerprint density at radius 1 is 1.16 bits per heavy atom. The van der Waals surface area contributed by atoms with Crippen LogP contribution in [-0.4, -0.2) is 43.8 Å². The van der Waals surface area contributed by atoms with Crippen molar-refractivity contribution in [2.24, 2.45) is 0 Å². The van der Waals surface area contributed by atoms with Crippen molar-refractivity contribution in [3.05, 3.63) is 58.5 Å². The third kappa shape index (κ3) is 5.52. The van der Waals surface area contributed by atoms with Crippen molar-refractivity contribution in [1.29, 1.82) is 0 Å². The molecular weight excluding hydrogens is 446 g/mol. The highest BCUT2D eigenvalue weighted by Crippen LogP contribution is 2.28. The van der Waals surface area contributed by atoms with Crippen molar-refractivity contribution in [2.45, 2.75) is 37.2 Å². The molecule has 0 aliphatic carbocycles. The number of carbonyl (C=O) groups is 2. The summed E-state index contributed by atoms with van der Waals surface area (Å²) in [6.07, 6.45) is 3.67. The molecule has 1 amide bonds. The van der Waals surface area contributed by atoms with Gasteiger partial charge in [0.15, 0.2) is 18.5 Å². The lowest BCUT2D eigenvalue weighted by molar-refractivity contribution is -0.605. The summed E-state index contributed by atoms with van der Waals surface area (Å²) in [5.74, 6) is -1.46. The van der Waals surface area contributed by atoms with Crippen molar-refractivity contribution < 1.29 is 27.5 Å². The van der Waals surface area contributed by atoms with E-state index in [2.05, 4.69) is 5.32 Å². The minimum absolute atomic E-state index is 0.0222. The van der Waals surface area contributed by atoms with Crippen molar-refractivity contribution >= 4 is 39.2 Å². The molecule has 1 N–H and O–H groups in total. The Morgan fingerprint density at radius 3 is 2.45 bits per heavy atom. The van der Waals surface area contributed by atoms with Crippen LogP contribution in [0.3, 0.4) is 0 Å². The number of halogens is 1. The number of aromatic nitrogens is 1. The minimum atomic E-state index is -3.71. The summed E-state index contributed by atoms with van der Waals surface area (Å²) in [7, 11) is -3.71. The largest absolute Gasteiger partial charge is 0.619 e. The lowest BCUT2D eigenvalue weighted by atomic mass is 10.2. The van der Waals surface area contributed by atoms with E-state index in [4.69, 9.17) is 16.3 Å². The molecule has 9 nitrogen and oxygen atoms in total. The number of sulfonamides is 1. The van der Waals surface area contributed by atoms with Crippen molar-refractivity contribution in [2.75, 3.05) is 18.4 Å². The Kier molecular flexibility index (Phi) is 7.14. The minimum Gasteiger partial charge on any atom is -0.619 e. The lowest BCUT2D eigenvalue weighted by Crippen LogP contribution is -2.35. The first-order valence-corrected chi connectivity index (χ1v) is 11.5. The predicted molar refractivity (Wildman–Crippen MR) is 113 cm³/mol. The summed E-state index contributed by atoms with van der Waals surface area (Å²) in [6.45, 7) is 2.27. The molecule has 1 atom stereocenters. The van der Waals surface area contributed by atoms with Gasteiger partial charge in [-0.2, -0.15) is 9.04 Å². The van der Waals surface area contributed by atoms with Gasteiger partial charge in [0.2, 0.25) is 10.0 Å².